The number of carbonyl (C=O) groups excluding carboxylic acids is 2. The molecule has 23 heavy (non-hydrogen) atoms. The van der Waals surface area contributed by atoms with E-state index in [0.29, 0.717) is 10.5 Å². The molecule has 1 atom stereocenters. The van der Waals surface area contributed by atoms with Crippen molar-refractivity contribution in [3.63, 3.8) is 0 Å². The minimum absolute atomic E-state index is 0.145. The summed E-state index contributed by atoms with van der Waals surface area (Å²) in [5.41, 5.74) is 6.00. The van der Waals surface area contributed by atoms with Gasteiger partial charge in [0, 0.05) is 13.5 Å². The highest BCUT2D eigenvalue weighted by molar-refractivity contribution is 5.79. The molecule has 8 heteroatoms. The molecule has 0 radical (unpaired) electrons. The van der Waals surface area contributed by atoms with Crippen LogP contribution in [0.25, 0.3) is 0 Å². The minimum atomic E-state index is -4.73. The van der Waals surface area contributed by atoms with E-state index in [1.54, 1.807) is 24.3 Å². The lowest BCUT2D eigenvalue weighted by molar-refractivity contribution is -0.188. The second kappa shape index (κ2) is 7.63. The number of halogens is 3. The van der Waals surface area contributed by atoms with Crippen LogP contribution in [0.3, 0.4) is 0 Å². The normalized spacial score (nSPS) is 12.3. The maximum Gasteiger partial charge on any atom is 0.409 e. The predicted octanol–water partition coefficient (Wildman–Crippen LogP) is 1.76. The van der Waals surface area contributed by atoms with Gasteiger partial charge < -0.3 is 10.6 Å². The number of alkyl halides is 3. The van der Waals surface area contributed by atoms with Gasteiger partial charge in [-0.1, -0.05) is 12.1 Å². The Morgan fingerprint density at radius 2 is 1.87 bits per heavy atom. The van der Waals surface area contributed by atoms with Crippen LogP contribution in [0.2, 0.25) is 0 Å². The van der Waals surface area contributed by atoms with Gasteiger partial charge in [-0.2, -0.15) is 18.4 Å². The van der Waals surface area contributed by atoms with E-state index in [-0.39, 0.29) is 12.8 Å². The van der Waals surface area contributed by atoms with Crippen LogP contribution in [-0.4, -0.2) is 36.0 Å². The molecule has 1 aromatic carbocycles. The van der Waals surface area contributed by atoms with Crippen LogP contribution in [0, 0.1) is 11.3 Å². The quantitative estimate of drug-likeness (QED) is 0.863. The lowest BCUT2D eigenvalue weighted by atomic mass is 10.1. The van der Waals surface area contributed by atoms with E-state index in [1.807, 2.05) is 6.07 Å². The topological polar surface area (TPSA) is 87.2 Å². The number of nitrogens with zero attached hydrogens (tertiary/aromatic N) is 2. The van der Waals surface area contributed by atoms with Crippen LogP contribution in [-0.2, 0) is 16.0 Å². The fraction of sp³-hybridized carbons (Fsp3) is 0.400. The zero-order valence-electron chi connectivity index (χ0n) is 12.4. The number of amides is 2. The molecule has 0 bridgehead atoms. The van der Waals surface area contributed by atoms with E-state index in [1.165, 1.54) is 0 Å². The average molecular weight is 327 g/mol. The summed E-state index contributed by atoms with van der Waals surface area (Å²) in [7, 11) is 1.00. The molecule has 124 valence electrons. The van der Waals surface area contributed by atoms with Crippen LogP contribution >= 0.6 is 0 Å². The van der Waals surface area contributed by atoms with Gasteiger partial charge >= 0.3 is 6.18 Å². The second-order valence-electron chi connectivity index (χ2n) is 5.04. The largest absolute Gasteiger partial charge is 0.409 e. The molecule has 0 saturated heterocycles. The molecule has 2 N–H and O–H groups in total. The van der Waals surface area contributed by atoms with Crippen molar-refractivity contribution in [1.82, 2.24) is 4.90 Å². The highest BCUT2D eigenvalue weighted by Gasteiger charge is 2.44. The van der Waals surface area contributed by atoms with Gasteiger partial charge in [0.15, 0.2) is 0 Å². The predicted molar refractivity (Wildman–Crippen MR) is 75.9 cm³/mol. The summed E-state index contributed by atoms with van der Waals surface area (Å²) < 4.78 is 38.7. The number of aryl methyl sites for hydroxylation is 1. The molecule has 0 aliphatic carbocycles. The van der Waals surface area contributed by atoms with Crippen molar-refractivity contribution in [2.45, 2.75) is 31.5 Å². The smallest absolute Gasteiger partial charge is 0.370 e. The van der Waals surface area contributed by atoms with Crippen molar-refractivity contribution in [1.29, 1.82) is 5.26 Å². The summed E-state index contributed by atoms with van der Waals surface area (Å²) in [5.74, 6) is -1.86. The third kappa shape index (κ3) is 5.62. The van der Waals surface area contributed by atoms with Crippen molar-refractivity contribution in [3.8, 4) is 6.07 Å². The van der Waals surface area contributed by atoms with E-state index >= 15 is 0 Å². The summed E-state index contributed by atoms with van der Waals surface area (Å²) >= 11 is 0. The van der Waals surface area contributed by atoms with Crippen molar-refractivity contribution < 1.29 is 22.8 Å². The number of benzene rings is 1. The lowest BCUT2D eigenvalue weighted by Gasteiger charge is -2.29. The third-order valence-electron chi connectivity index (χ3n) is 3.34. The number of primary amides is 1. The fourth-order valence-corrected chi connectivity index (χ4v) is 2.01. The van der Waals surface area contributed by atoms with Crippen LogP contribution in [0.1, 0.15) is 24.0 Å². The van der Waals surface area contributed by atoms with Crippen molar-refractivity contribution in [3.05, 3.63) is 35.4 Å². The van der Waals surface area contributed by atoms with Crippen molar-refractivity contribution in [2.75, 3.05) is 7.05 Å². The van der Waals surface area contributed by atoms with Crippen LogP contribution in [0.5, 0.6) is 0 Å². The van der Waals surface area contributed by atoms with E-state index in [2.05, 4.69) is 0 Å². The summed E-state index contributed by atoms with van der Waals surface area (Å²) in [6, 6.07) is 6.11. The zero-order chi connectivity index (χ0) is 17.6. The van der Waals surface area contributed by atoms with Gasteiger partial charge in [0.25, 0.3) is 0 Å². The maximum absolute atomic E-state index is 12.9. The molecule has 0 fully saturated rings. The van der Waals surface area contributed by atoms with Gasteiger partial charge in [-0.15, -0.1) is 0 Å². The highest BCUT2D eigenvalue weighted by Crippen LogP contribution is 2.27. The molecular weight excluding hydrogens is 311 g/mol. The third-order valence-corrected chi connectivity index (χ3v) is 3.34. The Bertz CT molecular complexity index is 606. The van der Waals surface area contributed by atoms with Gasteiger partial charge in [0.1, 0.15) is 6.04 Å². The number of hydrogen-bond donors (Lipinski definition) is 1. The van der Waals surface area contributed by atoms with Gasteiger partial charge in [-0.25, -0.2) is 0 Å². The fourth-order valence-electron chi connectivity index (χ4n) is 2.01. The molecule has 0 aliphatic rings. The maximum atomic E-state index is 12.9. The number of nitriles is 1. The summed E-state index contributed by atoms with van der Waals surface area (Å²) in [5, 5.41) is 8.67. The average Bonchev–Trinajstić information content (AvgIpc) is 2.48. The van der Waals surface area contributed by atoms with Gasteiger partial charge in [-0.05, 0) is 24.1 Å². The van der Waals surface area contributed by atoms with E-state index < -0.39 is 30.5 Å². The monoisotopic (exact) mass is 327 g/mol. The Kier molecular flexibility index (Phi) is 6.13. The Morgan fingerprint density at radius 3 is 2.30 bits per heavy atom. The Hall–Kier alpha value is -2.56. The molecule has 1 unspecified atom stereocenters. The van der Waals surface area contributed by atoms with Crippen LogP contribution in [0.15, 0.2) is 24.3 Å². The standard InChI is InChI=1S/C15H16F3N3O2/c1-21(12(8-13(20)22)15(16,17)18)14(23)7-6-10-2-4-11(9-19)5-3-10/h2-5,12H,6-8H2,1H3,(H2,20,22). The molecule has 0 aromatic heterocycles. The van der Waals surface area contributed by atoms with Gasteiger partial charge in [0.05, 0.1) is 18.1 Å². The SMILES string of the molecule is CN(C(=O)CCc1ccc(C#N)cc1)C(CC(N)=O)C(F)(F)F. The summed E-state index contributed by atoms with van der Waals surface area (Å²) in [6.45, 7) is 0. The van der Waals surface area contributed by atoms with E-state index in [9.17, 15) is 22.8 Å². The van der Waals surface area contributed by atoms with Crippen molar-refractivity contribution in [2.24, 2.45) is 5.73 Å². The van der Waals surface area contributed by atoms with Crippen molar-refractivity contribution >= 4 is 11.8 Å². The molecule has 0 spiro atoms. The summed E-state index contributed by atoms with van der Waals surface area (Å²) in [4.78, 5) is 23.2. The number of nitrogens with two attached hydrogens (primary N) is 1. The molecule has 1 rings (SSSR count). The van der Waals surface area contributed by atoms with Crippen LogP contribution < -0.4 is 5.73 Å². The first-order valence-electron chi connectivity index (χ1n) is 6.75. The minimum Gasteiger partial charge on any atom is -0.370 e. The second-order valence-corrected chi connectivity index (χ2v) is 5.04. The molecule has 5 nitrogen and oxygen atoms in total. The first kappa shape index (κ1) is 18.5. The molecule has 0 saturated carbocycles. The van der Waals surface area contributed by atoms with Gasteiger partial charge in [-0.3, -0.25) is 9.59 Å². The first-order chi connectivity index (χ1) is 10.6. The first-order valence-corrected chi connectivity index (χ1v) is 6.75. The molecule has 2 amide bonds. The number of rotatable bonds is 6. The Morgan fingerprint density at radius 1 is 1.30 bits per heavy atom. The zero-order valence-corrected chi connectivity index (χ0v) is 12.4. The molecule has 0 heterocycles. The molecule has 1 aromatic rings. The Balaban J connectivity index is 2.70. The van der Waals surface area contributed by atoms with Crippen LogP contribution in [0.4, 0.5) is 13.2 Å². The summed E-state index contributed by atoms with van der Waals surface area (Å²) in [6.07, 6.45) is -5.61. The highest BCUT2D eigenvalue weighted by atomic mass is 19.4. The molecule has 0 aliphatic heterocycles. The van der Waals surface area contributed by atoms with E-state index in [4.69, 9.17) is 11.0 Å². The Labute approximate surface area is 131 Å². The number of carbonyl (C=O) groups is 2. The lowest BCUT2D eigenvalue weighted by Crippen LogP contribution is -2.48. The number of hydrogen-bond acceptors (Lipinski definition) is 3. The molecular formula is C15H16F3N3O2. The van der Waals surface area contributed by atoms with E-state index in [0.717, 1.165) is 12.6 Å². The van der Waals surface area contributed by atoms with Gasteiger partial charge in [0.2, 0.25) is 11.8 Å².